The lowest BCUT2D eigenvalue weighted by Crippen LogP contribution is -2.07. The fourth-order valence-electron chi connectivity index (χ4n) is 7.94. The highest BCUT2D eigenvalue weighted by Gasteiger charge is 2.26. The lowest BCUT2D eigenvalue weighted by Gasteiger charge is -2.17. The third-order valence-electron chi connectivity index (χ3n) is 10.1. The molecule has 6 aromatic carbocycles. The van der Waals surface area contributed by atoms with E-state index in [1.165, 1.54) is 62.5 Å². The van der Waals surface area contributed by atoms with Crippen molar-refractivity contribution in [3.05, 3.63) is 163 Å². The minimum absolute atomic E-state index is 0.663. The van der Waals surface area contributed by atoms with E-state index >= 15 is 0 Å². The third kappa shape index (κ3) is 4.58. The van der Waals surface area contributed by atoms with Crippen LogP contribution in [-0.2, 0) is 12.8 Å². The van der Waals surface area contributed by atoms with Gasteiger partial charge < -0.3 is 9.13 Å². The summed E-state index contributed by atoms with van der Waals surface area (Å²) in [6, 6.07) is 53.4. The van der Waals surface area contributed by atoms with E-state index in [9.17, 15) is 0 Å². The van der Waals surface area contributed by atoms with Gasteiger partial charge in [-0.2, -0.15) is 0 Å². The topological polar surface area (TPSA) is 48.5 Å². The van der Waals surface area contributed by atoms with Gasteiger partial charge in [0, 0.05) is 49.9 Å². The molecule has 0 spiro atoms. The predicted octanol–water partition coefficient (Wildman–Crippen LogP) is 10.8. The van der Waals surface area contributed by atoms with E-state index in [1.807, 2.05) is 36.4 Å². The first-order valence-corrected chi connectivity index (χ1v) is 17.4. The van der Waals surface area contributed by atoms with Gasteiger partial charge in [0.2, 0.25) is 0 Å². The first-order valence-electron chi connectivity index (χ1n) is 17.4. The molecule has 0 bridgehead atoms. The lowest BCUT2D eigenvalue weighted by atomic mass is 9.94. The van der Waals surface area contributed by atoms with Crippen LogP contribution < -0.4 is 0 Å². The molecule has 9 aromatic rings. The largest absolute Gasteiger partial charge is 0.313 e. The molecule has 238 valence electrons. The Morgan fingerprint density at radius 3 is 1.72 bits per heavy atom. The lowest BCUT2D eigenvalue weighted by molar-refractivity contribution is 0.667. The highest BCUT2D eigenvalue weighted by Crippen LogP contribution is 2.43. The summed E-state index contributed by atoms with van der Waals surface area (Å²) >= 11 is 0. The summed E-state index contributed by atoms with van der Waals surface area (Å²) < 4.78 is 4.99. The van der Waals surface area contributed by atoms with E-state index in [2.05, 4.69) is 124 Å². The van der Waals surface area contributed by atoms with Crippen molar-refractivity contribution in [1.29, 1.82) is 0 Å². The molecule has 50 heavy (non-hydrogen) atoms. The fourth-order valence-corrected chi connectivity index (χ4v) is 7.94. The Bertz CT molecular complexity index is 2630. The van der Waals surface area contributed by atoms with Crippen LogP contribution in [0.5, 0.6) is 0 Å². The zero-order valence-corrected chi connectivity index (χ0v) is 27.5. The van der Waals surface area contributed by atoms with Crippen molar-refractivity contribution in [2.75, 3.05) is 0 Å². The van der Waals surface area contributed by atoms with Crippen LogP contribution >= 0.6 is 0 Å². The molecule has 10 rings (SSSR count). The molecule has 3 aromatic heterocycles. The van der Waals surface area contributed by atoms with Crippen molar-refractivity contribution in [2.24, 2.45) is 0 Å². The SMILES string of the molecule is c1ccc(-c2nc(-c3ccccc3)nc(-c3cccc(-n4c5c(c6c4ccc4c7ccccc7n(-c7ccccc7)c46)CCCC5)c3)n2)cc1. The maximum absolute atomic E-state index is 5.05. The molecule has 0 radical (unpaired) electrons. The Balaban J connectivity index is 1.22. The molecule has 5 nitrogen and oxygen atoms in total. The number of hydrogen-bond acceptors (Lipinski definition) is 3. The number of nitrogens with zero attached hydrogens (tertiary/aromatic N) is 5. The Kier molecular flexibility index (Phi) is 6.69. The standard InChI is InChI=1S/C45H33N5/c1-4-15-30(16-5-1)43-46-44(31-17-6-2-7-18-31)48-45(47-43)32-19-14-22-34(29-32)49-39-26-13-11-24-37(39)41-40(49)28-27-36-35-23-10-12-25-38(35)50(42(36)41)33-20-8-3-9-21-33/h1-10,12,14-23,25,27-29H,11,13,24,26H2. The number of rotatable bonds is 5. The number of hydrogen-bond donors (Lipinski definition) is 0. The molecule has 0 saturated carbocycles. The number of benzene rings is 6. The van der Waals surface area contributed by atoms with Crippen LogP contribution in [0.1, 0.15) is 24.1 Å². The maximum atomic E-state index is 5.05. The van der Waals surface area contributed by atoms with Gasteiger partial charge in [-0.05, 0) is 67.6 Å². The minimum Gasteiger partial charge on any atom is -0.313 e. The van der Waals surface area contributed by atoms with Crippen molar-refractivity contribution in [1.82, 2.24) is 24.1 Å². The zero-order chi connectivity index (χ0) is 33.0. The van der Waals surface area contributed by atoms with Gasteiger partial charge in [0.1, 0.15) is 0 Å². The molecule has 0 unspecified atom stereocenters. The summed E-state index contributed by atoms with van der Waals surface area (Å²) in [5.74, 6) is 2.00. The van der Waals surface area contributed by atoms with Gasteiger partial charge in [-0.3, -0.25) is 0 Å². The van der Waals surface area contributed by atoms with E-state index in [-0.39, 0.29) is 0 Å². The second kappa shape index (κ2) is 11.7. The Morgan fingerprint density at radius 1 is 0.420 bits per heavy atom. The van der Waals surface area contributed by atoms with Crippen LogP contribution in [0.15, 0.2) is 152 Å². The molecule has 1 aliphatic rings. The second-order valence-electron chi connectivity index (χ2n) is 13.1. The molecule has 0 aliphatic heterocycles. The number of aromatic nitrogens is 5. The molecule has 1 aliphatic carbocycles. The quantitative estimate of drug-likeness (QED) is 0.187. The molecule has 0 atom stereocenters. The fraction of sp³-hybridized carbons (Fsp3) is 0.0889. The van der Waals surface area contributed by atoms with Gasteiger partial charge in [-0.25, -0.2) is 15.0 Å². The van der Waals surface area contributed by atoms with Crippen LogP contribution in [0.2, 0.25) is 0 Å². The van der Waals surface area contributed by atoms with Crippen LogP contribution in [0.3, 0.4) is 0 Å². The third-order valence-corrected chi connectivity index (χ3v) is 10.1. The van der Waals surface area contributed by atoms with Crippen molar-refractivity contribution < 1.29 is 0 Å². The molecular weight excluding hydrogens is 611 g/mol. The number of para-hydroxylation sites is 2. The number of fused-ring (bicyclic) bond motifs is 7. The minimum atomic E-state index is 0.663. The highest BCUT2D eigenvalue weighted by molar-refractivity contribution is 6.19. The smallest absolute Gasteiger partial charge is 0.164 e. The average molecular weight is 644 g/mol. The Morgan fingerprint density at radius 2 is 1.00 bits per heavy atom. The maximum Gasteiger partial charge on any atom is 0.164 e. The predicted molar refractivity (Wildman–Crippen MR) is 204 cm³/mol. The van der Waals surface area contributed by atoms with Gasteiger partial charge in [0.05, 0.1) is 16.6 Å². The molecule has 0 fully saturated rings. The van der Waals surface area contributed by atoms with Crippen LogP contribution in [0, 0.1) is 0 Å². The molecular formula is C45H33N5. The second-order valence-corrected chi connectivity index (χ2v) is 13.1. The van der Waals surface area contributed by atoms with Crippen molar-refractivity contribution >= 4 is 32.7 Å². The van der Waals surface area contributed by atoms with Crippen LogP contribution in [-0.4, -0.2) is 24.1 Å². The van der Waals surface area contributed by atoms with E-state index in [4.69, 9.17) is 15.0 Å². The van der Waals surface area contributed by atoms with E-state index < -0.39 is 0 Å². The molecule has 5 heteroatoms. The highest BCUT2D eigenvalue weighted by atomic mass is 15.0. The van der Waals surface area contributed by atoms with Crippen molar-refractivity contribution in [2.45, 2.75) is 25.7 Å². The van der Waals surface area contributed by atoms with Gasteiger partial charge >= 0.3 is 0 Å². The van der Waals surface area contributed by atoms with Crippen molar-refractivity contribution in [3.8, 4) is 45.5 Å². The van der Waals surface area contributed by atoms with Crippen LogP contribution in [0.25, 0.3) is 78.2 Å². The molecule has 0 amide bonds. The number of aryl methyl sites for hydroxylation is 1. The first-order chi connectivity index (χ1) is 24.8. The Labute approximate surface area is 290 Å². The summed E-state index contributed by atoms with van der Waals surface area (Å²) in [6.07, 6.45) is 4.50. The van der Waals surface area contributed by atoms with Gasteiger partial charge in [0.25, 0.3) is 0 Å². The molecule has 0 N–H and O–H groups in total. The summed E-state index contributed by atoms with van der Waals surface area (Å²) in [5.41, 5.74) is 11.9. The molecule has 0 saturated heterocycles. The van der Waals surface area contributed by atoms with Gasteiger partial charge in [-0.15, -0.1) is 0 Å². The Hall–Kier alpha value is -6.33. The van der Waals surface area contributed by atoms with Crippen molar-refractivity contribution in [3.63, 3.8) is 0 Å². The first kappa shape index (κ1) is 28.7. The van der Waals surface area contributed by atoms with E-state index in [0.717, 1.165) is 35.2 Å². The van der Waals surface area contributed by atoms with Crippen LogP contribution in [0.4, 0.5) is 0 Å². The normalized spacial score (nSPS) is 12.9. The summed E-state index contributed by atoms with van der Waals surface area (Å²) in [4.78, 5) is 15.0. The zero-order valence-electron chi connectivity index (χ0n) is 27.5. The van der Waals surface area contributed by atoms with E-state index in [1.54, 1.807) is 0 Å². The van der Waals surface area contributed by atoms with Gasteiger partial charge in [-0.1, -0.05) is 115 Å². The summed E-state index contributed by atoms with van der Waals surface area (Å²) in [5, 5.41) is 3.94. The van der Waals surface area contributed by atoms with Gasteiger partial charge in [0.15, 0.2) is 17.5 Å². The average Bonchev–Trinajstić information content (AvgIpc) is 3.72. The van der Waals surface area contributed by atoms with E-state index in [0.29, 0.717) is 17.5 Å². The summed E-state index contributed by atoms with van der Waals surface area (Å²) in [6.45, 7) is 0. The monoisotopic (exact) mass is 643 g/mol. The summed E-state index contributed by atoms with van der Waals surface area (Å²) in [7, 11) is 0. The molecule has 3 heterocycles.